The van der Waals surface area contributed by atoms with Gasteiger partial charge in [0.15, 0.2) is 0 Å². The summed E-state index contributed by atoms with van der Waals surface area (Å²) in [5.74, 6) is -0.353. The van der Waals surface area contributed by atoms with E-state index in [1.54, 1.807) is 24.3 Å². The molecule has 0 saturated heterocycles. The highest BCUT2D eigenvalue weighted by Crippen LogP contribution is 2.27. The molecule has 0 heterocycles. The van der Waals surface area contributed by atoms with E-state index < -0.39 is 4.92 Å². The van der Waals surface area contributed by atoms with Crippen molar-refractivity contribution in [3.8, 4) is 0 Å². The first-order valence-electron chi connectivity index (χ1n) is 5.59. The third-order valence-electron chi connectivity index (χ3n) is 2.63. The molecule has 0 fully saturated rings. The first kappa shape index (κ1) is 15.2. The van der Waals surface area contributed by atoms with Gasteiger partial charge >= 0.3 is 0 Å². The molecule has 0 aliphatic carbocycles. The molecule has 0 atom stereocenters. The molecule has 104 valence electrons. The number of hydrogen-bond acceptors (Lipinski definition) is 3. The second kappa shape index (κ2) is 6.49. The molecule has 0 aliphatic heterocycles. The zero-order chi connectivity index (χ0) is 14.7. The molecule has 1 N–H and O–H groups in total. The van der Waals surface area contributed by atoms with Crippen LogP contribution < -0.4 is 5.32 Å². The zero-order valence-corrected chi connectivity index (χ0v) is 13.8. The van der Waals surface area contributed by atoms with Crippen LogP contribution in [0.15, 0.2) is 40.9 Å². The van der Waals surface area contributed by atoms with Crippen LogP contribution in [0.1, 0.15) is 5.56 Å². The van der Waals surface area contributed by atoms with Crippen LogP contribution in [0.25, 0.3) is 0 Å². The van der Waals surface area contributed by atoms with Crippen LogP contribution in [0.3, 0.4) is 0 Å². The van der Waals surface area contributed by atoms with E-state index in [1.165, 1.54) is 12.1 Å². The van der Waals surface area contributed by atoms with Crippen molar-refractivity contribution in [2.24, 2.45) is 0 Å². The van der Waals surface area contributed by atoms with Gasteiger partial charge in [0.2, 0.25) is 0 Å². The summed E-state index contributed by atoms with van der Waals surface area (Å²) >= 11 is 5.27. The Labute approximate surface area is 136 Å². The Kier molecular flexibility index (Phi) is 4.92. The minimum atomic E-state index is -0.457. The average Bonchev–Trinajstić information content (AvgIpc) is 2.40. The van der Waals surface area contributed by atoms with Gasteiger partial charge in [-0.1, -0.05) is 15.9 Å². The van der Waals surface area contributed by atoms with E-state index in [1.807, 2.05) is 22.6 Å². The number of hydrogen-bond donors (Lipinski definition) is 1. The minimum absolute atomic E-state index is 0.0210. The van der Waals surface area contributed by atoms with Crippen molar-refractivity contribution in [2.75, 3.05) is 5.32 Å². The molecule has 0 spiro atoms. The lowest BCUT2D eigenvalue weighted by molar-refractivity contribution is -0.384. The van der Waals surface area contributed by atoms with Gasteiger partial charge in [0.25, 0.3) is 5.69 Å². The van der Waals surface area contributed by atoms with Crippen molar-refractivity contribution >= 4 is 49.9 Å². The van der Waals surface area contributed by atoms with E-state index in [2.05, 4.69) is 21.2 Å². The molecule has 4 nitrogen and oxygen atoms in total. The van der Waals surface area contributed by atoms with Crippen molar-refractivity contribution in [3.63, 3.8) is 0 Å². The van der Waals surface area contributed by atoms with Crippen molar-refractivity contribution in [3.05, 3.63) is 65.9 Å². The molecule has 0 aliphatic rings. The SMILES string of the molecule is O=[N+]([O-])c1cc(I)ccc1NCc1cc(Br)ccc1F. The van der Waals surface area contributed by atoms with Crippen molar-refractivity contribution in [1.82, 2.24) is 0 Å². The quantitative estimate of drug-likeness (QED) is 0.417. The normalized spacial score (nSPS) is 10.3. The summed E-state index contributed by atoms with van der Waals surface area (Å²) in [7, 11) is 0. The van der Waals surface area contributed by atoms with E-state index in [9.17, 15) is 14.5 Å². The number of benzene rings is 2. The molecule has 0 unspecified atom stereocenters. The standard InChI is InChI=1S/C13H9BrFIN2O2/c14-9-1-3-11(15)8(5-9)7-17-12-4-2-10(16)6-13(12)18(19)20/h1-6,17H,7H2. The van der Waals surface area contributed by atoms with Gasteiger partial charge in [0.05, 0.1) is 4.92 Å². The third kappa shape index (κ3) is 3.66. The molecule has 0 amide bonds. The largest absolute Gasteiger partial charge is 0.375 e. The second-order valence-electron chi connectivity index (χ2n) is 4.01. The molecule has 7 heteroatoms. The van der Waals surface area contributed by atoms with Crippen LogP contribution in [0.4, 0.5) is 15.8 Å². The first-order chi connectivity index (χ1) is 9.47. The number of nitro groups is 1. The maximum absolute atomic E-state index is 13.6. The van der Waals surface area contributed by atoms with Crippen LogP contribution in [-0.4, -0.2) is 4.92 Å². The number of halogens is 3. The average molecular weight is 451 g/mol. The Hall–Kier alpha value is -1.22. The second-order valence-corrected chi connectivity index (χ2v) is 6.17. The predicted molar refractivity (Wildman–Crippen MR) is 87.2 cm³/mol. The number of nitrogens with one attached hydrogen (secondary N) is 1. The van der Waals surface area contributed by atoms with Crippen LogP contribution in [0.5, 0.6) is 0 Å². The summed E-state index contributed by atoms with van der Waals surface area (Å²) in [5, 5.41) is 13.9. The summed E-state index contributed by atoms with van der Waals surface area (Å²) in [5.41, 5.74) is 0.786. The van der Waals surface area contributed by atoms with Gasteiger partial charge < -0.3 is 5.32 Å². The topological polar surface area (TPSA) is 55.2 Å². The molecular formula is C13H9BrFIN2O2. The fraction of sp³-hybridized carbons (Fsp3) is 0.0769. The van der Waals surface area contributed by atoms with Crippen molar-refractivity contribution in [2.45, 2.75) is 6.54 Å². The number of anilines is 1. The Morgan fingerprint density at radius 2 is 2.05 bits per heavy atom. The van der Waals surface area contributed by atoms with Gasteiger partial charge in [-0.3, -0.25) is 10.1 Å². The number of nitro benzene ring substituents is 1. The molecular weight excluding hydrogens is 442 g/mol. The molecule has 20 heavy (non-hydrogen) atoms. The summed E-state index contributed by atoms with van der Waals surface area (Å²) in [4.78, 5) is 10.5. The Balaban J connectivity index is 2.23. The van der Waals surface area contributed by atoms with E-state index in [-0.39, 0.29) is 18.0 Å². The molecule has 2 rings (SSSR count). The van der Waals surface area contributed by atoms with Gasteiger partial charge in [0.1, 0.15) is 11.5 Å². The highest BCUT2D eigenvalue weighted by atomic mass is 127. The summed E-state index contributed by atoms with van der Waals surface area (Å²) < 4.78 is 15.1. The lowest BCUT2D eigenvalue weighted by Crippen LogP contribution is -2.04. The molecule has 0 saturated carbocycles. The smallest absolute Gasteiger partial charge is 0.293 e. The van der Waals surface area contributed by atoms with Crippen LogP contribution in [0, 0.1) is 19.5 Å². The van der Waals surface area contributed by atoms with Gasteiger partial charge in [0, 0.05) is 26.2 Å². The summed E-state index contributed by atoms with van der Waals surface area (Å²) in [6.07, 6.45) is 0. The highest BCUT2D eigenvalue weighted by Gasteiger charge is 2.14. The van der Waals surface area contributed by atoms with E-state index >= 15 is 0 Å². The Morgan fingerprint density at radius 1 is 1.30 bits per heavy atom. The van der Waals surface area contributed by atoms with E-state index in [0.717, 1.165) is 8.04 Å². The molecule has 2 aromatic carbocycles. The van der Waals surface area contributed by atoms with E-state index in [0.29, 0.717) is 11.3 Å². The monoisotopic (exact) mass is 450 g/mol. The zero-order valence-electron chi connectivity index (χ0n) is 10.1. The van der Waals surface area contributed by atoms with Crippen molar-refractivity contribution in [1.29, 1.82) is 0 Å². The van der Waals surface area contributed by atoms with E-state index in [4.69, 9.17) is 0 Å². The minimum Gasteiger partial charge on any atom is -0.375 e. The number of rotatable bonds is 4. The van der Waals surface area contributed by atoms with Gasteiger partial charge in [-0.05, 0) is 52.9 Å². The van der Waals surface area contributed by atoms with Gasteiger partial charge in [-0.25, -0.2) is 4.39 Å². The molecule has 0 radical (unpaired) electrons. The lowest BCUT2D eigenvalue weighted by Gasteiger charge is -2.08. The third-order valence-corrected chi connectivity index (χ3v) is 3.80. The summed E-state index contributed by atoms with van der Waals surface area (Å²) in [6.45, 7) is 0.173. The predicted octanol–water partition coefficient (Wildman–Crippen LogP) is 4.71. The molecule has 0 aromatic heterocycles. The highest BCUT2D eigenvalue weighted by molar-refractivity contribution is 14.1. The van der Waals surface area contributed by atoms with Gasteiger partial charge in [-0.2, -0.15) is 0 Å². The summed E-state index contributed by atoms with van der Waals surface area (Å²) in [6, 6.07) is 9.44. The van der Waals surface area contributed by atoms with Crippen LogP contribution in [-0.2, 0) is 6.54 Å². The fourth-order valence-electron chi connectivity index (χ4n) is 1.67. The fourth-order valence-corrected chi connectivity index (χ4v) is 2.56. The lowest BCUT2D eigenvalue weighted by atomic mass is 10.2. The van der Waals surface area contributed by atoms with Crippen molar-refractivity contribution < 1.29 is 9.31 Å². The van der Waals surface area contributed by atoms with Crippen LogP contribution in [0.2, 0.25) is 0 Å². The molecule has 2 aromatic rings. The van der Waals surface area contributed by atoms with Gasteiger partial charge in [-0.15, -0.1) is 0 Å². The Morgan fingerprint density at radius 3 is 2.75 bits per heavy atom. The van der Waals surface area contributed by atoms with Crippen LogP contribution >= 0.6 is 38.5 Å². The number of nitrogens with zero attached hydrogens (tertiary/aromatic N) is 1. The molecule has 0 bridgehead atoms. The first-order valence-corrected chi connectivity index (χ1v) is 7.46. The Bertz CT molecular complexity index is 667. The maximum Gasteiger partial charge on any atom is 0.293 e. The maximum atomic E-state index is 13.6.